The van der Waals surface area contributed by atoms with Crippen LogP contribution in [0.2, 0.25) is 0 Å². The molecule has 1 fully saturated rings. The largest absolute Gasteiger partial charge is 0.490 e. The fraction of sp³-hybridized carbons (Fsp3) is 0.600. The average Bonchev–Trinajstić information content (AvgIpc) is 2.30. The molecule has 2 rings (SSSR count). The van der Waals surface area contributed by atoms with Crippen LogP contribution in [0, 0.1) is 11.7 Å². The highest BCUT2D eigenvalue weighted by atomic mass is 19.1. The summed E-state index contributed by atoms with van der Waals surface area (Å²) in [6.45, 7) is 4.45. The van der Waals surface area contributed by atoms with Crippen molar-refractivity contribution in [1.29, 1.82) is 0 Å². The molecule has 3 heteroatoms. The van der Waals surface area contributed by atoms with E-state index in [0.717, 1.165) is 18.5 Å². The lowest BCUT2D eigenvalue weighted by atomic mass is 9.86. The van der Waals surface area contributed by atoms with Crippen LogP contribution in [0.1, 0.15) is 38.2 Å². The van der Waals surface area contributed by atoms with E-state index in [1.807, 2.05) is 6.07 Å². The molecule has 1 aromatic rings. The minimum absolute atomic E-state index is 0.245. The van der Waals surface area contributed by atoms with Gasteiger partial charge >= 0.3 is 0 Å². The van der Waals surface area contributed by atoms with Crippen molar-refractivity contribution in [1.82, 2.24) is 5.32 Å². The van der Waals surface area contributed by atoms with Gasteiger partial charge < -0.3 is 10.1 Å². The van der Waals surface area contributed by atoms with Crippen LogP contribution in [0.4, 0.5) is 4.39 Å². The molecule has 0 aromatic heterocycles. The summed E-state index contributed by atoms with van der Waals surface area (Å²) in [5.41, 5.74) is 0.969. The van der Waals surface area contributed by atoms with Gasteiger partial charge in [-0.3, -0.25) is 0 Å². The summed E-state index contributed by atoms with van der Waals surface area (Å²) in [5.74, 6) is 0.779. The van der Waals surface area contributed by atoms with E-state index in [2.05, 4.69) is 12.2 Å². The summed E-state index contributed by atoms with van der Waals surface area (Å²) in [6.07, 6.45) is 4.82. The molecular formula is C15H22FNO. The third-order valence-corrected chi connectivity index (χ3v) is 3.45. The molecule has 1 aromatic carbocycles. The summed E-state index contributed by atoms with van der Waals surface area (Å²) < 4.78 is 19.3. The lowest BCUT2D eigenvalue weighted by molar-refractivity contribution is 0.175. The maximum atomic E-state index is 13.8. The van der Waals surface area contributed by atoms with Gasteiger partial charge in [-0.15, -0.1) is 0 Å². The molecule has 0 saturated heterocycles. The Bertz CT molecular complexity index is 377. The zero-order valence-electron chi connectivity index (χ0n) is 11.0. The normalized spacial score (nSPS) is 15.4. The molecule has 1 aliphatic carbocycles. The number of nitrogens with one attached hydrogen (secondary N) is 1. The molecule has 100 valence electrons. The third kappa shape index (κ3) is 3.70. The van der Waals surface area contributed by atoms with E-state index in [1.54, 1.807) is 12.1 Å². The molecule has 18 heavy (non-hydrogen) atoms. The Morgan fingerprint density at radius 3 is 2.83 bits per heavy atom. The van der Waals surface area contributed by atoms with E-state index in [-0.39, 0.29) is 5.82 Å². The molecule has 1 N–H and O–H groups in total. The molecule has 0 bridgehead atoms. The second kappa shape index (κ2) is 6.74. The van der Waals surface area contributed by atoms with Crippen molar-refractivity contribution in [3.8, 4) is 5.75 Å². The van der Waals surface area contributed by atoms with E-state index < -0.39 is 0 Å². The van der Waals surface area contributed by atoms with Crippen LogP contribution in [0.3, 0.4) is 0 Å². The number of hydrogen-bond acceptors (Lipinski definition) is 2. The molecule has 1 saturated carbocycles. The fourth-order valence-corrected chi connectivity index (χ4v) is 2.05. The quantitative estimate of drug-likeness (QED) is 0.749. The minimum atomic E-state index is -0.245. The molecule has 0 amide bonds. The van der Waals surface area contributed by atoms with Crippen molar-refractivity contribution in [2.24, 2.45) is 5.92 Å². The Labute approximate surface area is 109 Å². The van der Waals surface area contributed by atoms with Crippen LogP contribution in [0.15, 0.2) is 18.2 Å². The van der Waals surface area contributed by atoms with Crippen molar-refractivity contribution in [3.63, 3.8) is 0 Å². The first kappa shape index (κ1) is 13.3. The third-order valence-electron chi connectivity index (χ3n) is 3.45. The molecular weight excluding hydrogens is 229 g/mol. The number of halogens is 1. The molecule has 0 aliphatic heterocycles. The summed E-state index contributed by atoms with van der Waals surface area (Å²) in [4.78, 5) is 0. The Morgan fingerprint density at radius 2 is 2.22 bits per heavy atom. The average molecular weight is 251 g/mol. The first-order valence-corrected chi connectivity index (χ1v) is 6.91. The van der Waals surface area contributed by atoms with E-state index in [9.17, 15) is 4.39 Å². The van der Waals surface area contributed by atoms with E-state index in [1.165, 1.54) is 19.3 Å². The van der Waals surface area contributed by atoms with Gasteiger partial charge in [0.25, 0.3) is 0 Å². The number of rotatable bonds is 7. The van der Waals surface area contributed by atoms with Gasteiger partial charge in [0.2, 0.25) is 0 Å². The van der Waals surface area contributed by atoms with Gasteiger partial charge in [0.15, 0.2) is 11.6 Å². The Hall–Kier alpha value is -1.09. The highest BCUT2D eigenvalue weighted by Crippen LogP contribution is 2.28. The molecule has 0 heterocycles. The van der Waals surface area contributed by atoms with Crippen LogP contribution < -0.4 is 10.1 Å². The lowest BCUT2D eigenvalue weighted by Gasteiger charge is -2.25. The number of benzene rings is 1. The van der Waals surface area contributed by atoms with E-state index in [4.69, 9.17) is 4.74 Å². The zero-order chi connectivity index (χ0) is 12.8. The van der Waals surface area contributed by atoms with Crippen molar-refractivity contribution in [2.75, 3.05) is 13.2 Å². The Morgan fingerprint density at radius 1 is 1.39 bits per heavy atom. The molecule has 1 aliphatic rings. The summed E-state index contributed by atoms with van der Waals surface area (Å²) >= 11 is 0. The fourth-order valence-electron chi connectivity index (χ4n) is 2.05. The predicted molar refractivity (Wildman–Crippen MR) is 71.2 cm³/mol. The van der Waals surface area contributed by atoms with Crippen molar-refractivity contribution in [2.45, 2.75) is 39.2 Å². The topological polar surface area (TPSA) is 21.3 Å². The number of hydrogen-bond donors (Lipinski definition) is 1. The van der Waals surface area contributed by atoms with Crippen LogP contribution in [0.5, 0.6) is 5.75 Å². The van der Waals surface area contributed by atoms with E-state index in [0.29, 0.717) is 24.8 Å². The maximum absolute atomic E-state index is 13.8. The summed E-state index contributed by atoms with van der Waals surface area (Å²) in [5, 5.41) is 3.26. The van der Waals surface area contributed by atoms with Gasteiger partial charge in [-0.2, -0.15) is 0 Å². The van der Waals surface area contributed by atoms with Gasteiger partial charge in [-0.25, -0.2) is 4.39 Å². The first-order valence-electron chi connectivity index (χ1n) is 6.91. The summed E-state index contributed by atoms with van der Waals surface area (Å²) in [7, 11) is 0. The zero-order valence-corrected chi connectivity index (χ0v) is 11.0. The van der Waals surface area contributed by atoms with Crippen molar-refractivity contribution >= 4 is 0 Å². The van der Waals surface area contributed by atoms with Gasteiger partial charge in [0.1, 0.15) is 0 Å². The monoisotopic (exact) mass is 251 g/mol. The maximum Gasteiger partial charge on any atom is 0.165 e. The van der Waals surface area contributed by atoms with Gasteiger partial charge in [0.05, 0.1) is 6.61 Å². The van der Waals surface area contributed by atoms with Crippen LogP contribution >= 0.6 is 0 Å². The Kier molecular flexibility index (Phi) is 5.00. The standard InChI is InChI=1S/C15H22FNO/c1-2-8-17-10-13-6-7-15(14(16)9-13)18-11-12-4-3-5-12/h6-7,9,12,17H,2-5,8,10-11H2,1H3. The second-order valence-corrected chi connectivity index (χ2v) is 5.05. The Balaban J connectivity index is 1.83. The van der Waals surface area contributed by atoms with Crippen LogP contribution in [0.25, 0.3) is 0 Å². The predicted octanol–water partition coefficient (Wildman–Crippen LogP) is 3.50. The van der Waals surface area contributed by atoms with E-state index >= 15 is 0 Å². The molecule has 0 spiro atoms. The van der Waals surface area contributed by atoms with Crippen molar-refractivity contribution in [3.05, 3.63) is 29.6 Å². The smallest absolute Gasteiger partial charge is 0.165 e. The molecule has 0 radical (unpaired) electrons. The SMILES string of the molecule is CCCNCc1ccc(OCC2CCC2)c(F)c1. The highest BCUT2D eigenvalue weighted by molar-refractivity contribution is 5.29. The second-order valence-electron chi connectivity index (χ2n) is 5.05. The van der Waals surface area contributed by atoms with Crippen LogP contribution in [-0.4, -0.2) is 13.2 Å². The number of ether oxygens (including phenoxy) is 1. The molecule has 2 nitrogen and oxygen atoms in total. The van der Waals surface area contributed by atoms with Gasteiger partial charge in [-0.05, 0) is 49.4 Å². The lowest BCUT2D eigenvalue weighted by Crippen LogP contribution is -2.19. The van der Waals surface area contributed by atoms with Gasteiger partial charge in [0, 0.05) is 6.54 Å². The first-order chi connectivity index (χ1) is 8.79. The summed E-state index contributed by atoms with van der Waals surface area (Å²) in [6, 6.07) is 5.25. The van der Waals surface area contributed by atoms with Crippen LogP contribution in [-0.2, 0) is 6.54 Å². The van der Waals surface area contributed by atoms with Gasteiger partial charge in [-0.1, -0.05) is 19.4 Å². The highest BCUT2D eigenvalue weighted by Gasteiger charge is 2.18. The minimum Gasteiger partial charge on any atom is -0.490 e. The molecule has 0 atom stereocenters. The molecule has 0 unspecified atom stereocenters. The van der Waals surface area contributed by atoms with Crippen molar-refractivity contribution < 1.29 is 9.13 Å².